The van der Waals surface area contributed by atoms with E-state index in [0.29, 0.717) is 12.8 Å². The van der Waals surface area contributed by atoms with Gasteiger partial charge < -0.3 is 28.6 Å². The van der Waals surface area contributed by atoms with Crippen molar-refractivity contribution in [1.29, 1.82) is 0 Å². The second kappa shape index (κ2) is 33.9. The highest BCUT2D eigenvalue weighted by molar-refractivity contribution is 5.70. The van der Waals surface area contributed by atoms with Gasteiger partial charge in [-0.1, -0.05) is 122 Å². The highest BCUT2D eigenvalue weighted by Crippen LogP contribution is 2.13. The van der Waals surface area contributed by atoms with E-state index in [1.54, 1.807) is 21.1 Å². The van der Waals surface area contributed by atoms with Crippen molar-refractivity contribution in [2.45, 2.75) is 187 Å². The molecule has 0 rings (SSSR count). The summed E-state index contributed by atoms with van der Waals surface area (Å²) in [6.07, 6.45) is 35.0. The Labute approximate surface area is 307 Å². The molecule has 0 aliphatic carbocycles. The van der Waals surface area contributed by atoms with Crippen molar-refractivity contribution in [3.63, 3.8) is 0 Å². The summed E-state index contributed by atoms with van der Waals surface area (Å²) in [5, 5.41) is 11.6. The third-order valence-corrected chi connectivity index (χ3v) is 9.06. The number of carboxylic acid groups (broad SMARTS) is 1. The summed E-state index contributed by atoms with van der Waals surface area (Å²) in [7, 11) is 5.39. The van der Waals surface area contributed by atoms with E-state index in [0.717, 1.165) is 32.1 Å². The maximum absolute atomic E-state index is 12.6. The molecular formula is C42H77NO7. The van der Waals surface area contributed by atoms with Crippen molar-refractivity contribution in [3.8, 4) is 0 Å². The van der Waals surface area contributed by atoms with Crippen LogP contribution in [0.25, 0.3) is 0 Å². The van der Waals surface area contributed by atoms with E-state index in [4.69, 9.17) is 14.2 Å². The van der Waals surface area contributed by atoms with E-state index in [1.165, 1.54) is 103 Å². The molecule has 0 spiro atoms. The van der Waals surface area contributed by atoms with E-state index in [-0.39, 0.29) is 49.1 Å². The average Bonchev–Trinajstić information content (AvgIpc) is 3.06. The highest BCUT2D eigenvalue weighted by Gasteiger charge is 2.25. The van der Waals surface area contributed by atoms with Crippen LogP contribution in [0.15, 0.2) is 24.3 Å². The van der Waals surface area contributed by atoms with Gasteiger partial charge in [-0.25, -0.2) is 0 Å². The molecule has 0 saturated carbocycles. The number of carbonyl (C=O) groups is 3. The molecule has 0 aromatic rings. The summed E-state index contributed by atoms with van der Waals surface area (Å²) in [6, 6.07) is -0.727. The van der Waals surface area contributed by atoms with E-state index in [2.05, 4.69) is 38.2 Å². The second-order valence-electron chi connectivity index (χ2n) is 14.9. The Bertz CT molecular complexity index is 880. The fourth-order valence-electron chi connectivity index (χ4n) is 5.83. The number of carbonyl (C=O) groups excluding carboxylic acids is 3. The normalized spacial score (nSPS) is 13.2. The fraction of sp³-hybridized carbons (Fsp3) is 0.833. The standard InChI is InChI=1S/C42H77NO7/c1-6-8-10-12-14-16-17-18-19-20-21-22-23-25-26-28-30-32-40(44)49-37-38(36-48-35-34-39(42(46)47)43(3,4)5)50-41(45)33-31-29-27-24-15-13-11-9-7-2/h18-19,24,27,38-39H,6-17,20-23,25-26,28-37H2,1-5H3/b19-18+,27-24+. The Hall–Kier alpha value is -2.19. The van der Waals surface area contributed by atoms with Crippen LogP contribution in [-0.4, -0.2) is 75.5 Å². The van der Waals surface area contributed by atoms with Gasteiger partial charge in [0.15, 0.2) is 6.10 Å². The molecule has 0 fully saturated rings. The lowest BCUT2D eigenvalue weighted by Crippen LogP contribution is -2.55. The van der Waals surface area contributed by atoms with Crippen LogP contribution >= 0.6 is 0 Å². The molecule has 0 radical (unpaired) electrons. The quantitative estimate of drug-likeness (QED) is 0.0277. The molecule has 0 saturated heterocycles. The topological polar surface area (TPSA) is 102 Å². The van der Waals surface area contributed by atoms with Crippen molar-refractivity contribution in [1.82, 2.24) is 0 Å². The predicted octanol–water partition coefficient (Wildman–Crippen LogP) is 9.19. The van der Waals surface area contributed by atoms with Crippen LogP contribution in [0.2, 0.25) is 0 Å². The first-order valence-electron chi connectivity index (χ1n) is 20.4. The number of rotatable bonds is 36. The number of unbranched alkanes of at least 4 members (excludes halogenated alkanes) is 18. The fourth-order valence-corrected chi connectivity index (χ4v) is 5.83. The molecule has 2 unspecified atom stereocenters. The van der Waals surface area contributed by atoms with Crippen LogP contribution in [0, 0.1) is 0 Å². The van der Waals surface area contributed by atoms with Crippen molar-refractivity contribution in [2.24, 2.45) is 0 Å². The van der Waals surface area contributed by atoms with Crippen LogP contribution < -0.4 is 5.11 Å². The van der Waals surface area contributed by atoms with Gasteiger partial charge in [0.1, 0.15) is 12.6 Å². The largest absolute Gasteiger partial charge is 0.544 e. The van der Waals surface area contributed by atoms with Crippen LogP contribution in [0.5, 0.6) is 0 Å². The van der Waals surface area contributed by atoms with Gasteiger partial charge in [-0.15, -0.1) is 0 Å². The lowest BCUT2D eigenvalue weighted by molar-refractivity contribution is -0.889. The van der Waals surface area contributed by atoms with Crippen LogP contribution in [0.3, 0.4) is 0 Å². The zero-order valence-corrected chi connectivity index (χ0v) is 33.1. The number of allylic oxidation sites excluding steroid dienone is 4. The Kier molecular flexibility index (Phi) is 32.4. The Morgan fingerprint density at radius 2 is 1.02 bits per heavy atom. The van der Waals surface area contributed by atoms with E-state index in [9.17, 15) is 19.5 Å². The van der Waals surface area contributed by atoms with Gasteiger partial charge in [-0.05, 0) is 57.8 Å². The first kappa shape index (κ1) is 47.8. The number of carboxylic acids is 1. The number of ether oxygens (including phenoxy) is 3. The third kappa shape index (κ3) is 31.8. The Morgan fingerprint density at radius 1 is 0.580 bits per heavy atom. The van der Waals surface area contributed by atoms with E-state index >= 15 is 0 Å². The summed E-state index contributed by atoms with van der Waals surface area (Å²) in [4.78, 5) is 36.6. The molecule has 8 nitrogen and oxygen atoms in total. The summed E-state index contributed by atoms with van der Waals surface area (Å²) >= 11 is 0. The minimum absolute atomic E-state index is 0.0303. The van der Waals surface area contributed by atoms with Crippen LogP contribution in [-0.2, 0) is 28.6 Å². The van der Waals surface area contributed by atoms with Gasteiger partial charge in [-0.2, -0.15) is 0 Å². The van der Waals surface area contributed by atoms with Gasteiger partial charge in [0.2, 0.25) is 0 Å². The number of nitrogens with zero attached hydrogens (tertiary/aromatic N) is 1. The Balaban J connectivity index is 4.33. The number of aliphatic carboxylic acids is 1. The number of quaternary nitrogens is 1. The van der Waals surface area contributed by atoms with Crippen molar-refractivity contribution in [2.75, 3.05) is 41.0 Å². The number of likely N-dealkylation sites (N-methyl/N-ethyl adjacent to an activating group) is 1. The predicted molar refractivity (Wildman–Crippen MR) is 204 cm³/mol. The monoisotopic (exact) mass is 708 g/mol. The van der Waals surface area contributed by atoms with Crippen molar-refractivity contribution in [3.05, 3.63) is 24.3 Å². The van der Waals surface area contributed by atoms with E-state index < -0.39 is 18.1 Å². The molecule has 0 aliphatic heterocycles. The first-order chi connectivity index (χ1) is 24.1. The molecule has 50 heavy (non-hydrogen) atoms. The summed E-state index contributed by atoms with van der Waals surface area (Å²) in [5.41, 5.74) is 0. The lowest BCUT2D eigenvalue weighted by Gasteiger charge is -2.34. The van der Waals surface area contributed by atoms with Crippen LogP contribution in [0.1, 0.15) is 174 Å². The van der Waals surface area contributed by atoms with Crippen molar-refractivity contribution >= 4 is 17.9 Å². The maximum Gasteiger partial charge on any atom is 0.306 e. The summed E-state index contributed by atoms with van der Waals surface area (Å²) in [5.74, 6) is -1.78. The third-order valence-electron chi connectivity index (χ3n) is 9.06. The number of hydrogen-bond donors (Lipinski definition) is 0. The molecule has 0 amide bonds. The summed E-state index contributed by atoms with van der Waals surface area (Å²) in [6.45, 7) is 4.58. The molecule has 2 atom stereocenters. The SMILES string of the molecule is CCCCCC/C=C/CCCC(=O)OC(COCCC(C(=O)[O-])[N+](C)(C)C)COC(=O)CCCCCCCCC/C=C/CCCCCCCC. The van der Waals surface area contributed by atoms with Gasteiger partial charge in [0.05, 0.1) is 40.3 Å². The zero-order valence-electron chi connectivity index (χ0n) is 33.1. The van der Waals surface area contributed by atoms with Gasteiger partial charge in [0, 0.05) is 19.3 Å². The molecule has 0 bridgehead atoms. The highest BCUT2D eigenvalue weighted by atomic mass is 16.6. The Morgan fingerprint density at radius 3 is 1.52 bits per heavy atom. The molecule has 292 valence electrons. The summed E-state index contributed by atoms with van der Waals surface area (Å²) < 4.78 is 17.0. The second-order valence-corrected chi connectivity index (χ2v) is 14.9. The minimum atomic E-state index is -1.13. The van der Waals surface area contributed by atoms with Gasteiger partial charge in [-0.3, -0.25) is 9.59 Å². The molecule has 8 heteroatoms. The van der Waals surface area contributed by atoms with Gasteiger partial charge >= 0.3 is 11.9 Å². The smallest absolute Gasteiger partial charge is 0.306 e. The minimum Gasteiger partial charge on any atom is -0.544 e. The van der Waals surface area contributed by atoms with Crippen LogP contribution in [0.4, 0.5) is 0 Å². The maximum atomic E-state index is 12.6. The zero-order chi connectivity index (χ0) is 37.1. The van der Waals surface area contributed by atoms with Crippen molar-refractivity contribution < 1.29 is 38.2 Å². The van der Waals surface area contributed by atoms with E-state index in [1.807, 2.05) is 0 Å². The number of esters is 2. The lowest BCUT2D eigenvalue weighted by atomic mass is 10.1. The molecular weight excluding hydrogens is 630 g/mol. The first-order valence-corrected chi connectivity index (χ1v) is 20.4. The van der Waals surface area contributed by atoms with Gasteiger partial charge in [0.25, 0.3) is 0 Å². The molecule has 0 heterocycles. The average molecular weight is 708 g/mol. The molecule has 0 aliphatic rings. The number of hydrogen-bond acceptors (Lipinski definition) is 7. The molecule has 0 aromatic carbocycles. The molecule has 0 aromatic heterocycles. The molecule has 0 N–H and O–H groups in total.